The number of hydrogen-bond donors (Lipinski definition) is 2. The van der Waals surface area contributed by atoms with E-state index in [0.29, 0.717) is 13.0 Å². The van der Waals surface area contributed by atoms with Crippen molar-refractivity contribution in [3.63, 3.8) is 0 Å². The maximum Gasteiger partial charge on any atom is 0.340 e. The van der Waals surface area contributed by atoms with E-state index < -0.39 is 11.8 Å². The highest BCUT2D eigenvalue weighted by molar-refractivity contribution is 5.94. The van der Waals surface area contributed by atoms with Gasteiger partial charge in [0.1, 0.15) is 17.2 Å². The normalized spacial score (nSPS) is 10.3. The molecule has 0 aliphatic rings. The number of benzene rings is 2. The summed E-state index contributed by atoms with van der Waals surface area (Å²) in [7, 11) is 0. The van der Waals surface area contributed by atoms with Crippen LogP contribution in [0.25, 0.3) is 0 Å². The number of aromatic carboxylic acids is 1. The second kappa shape index (κ2) is 6.14. The number of rotatable bonds is 5. The Balaban J connectivity index is 2.05. The van der Waals surface area contributed by atoms with Crippen LogP contribution in [0.2, 0.25) is 0 Å². The van der Waals surface area contributed by atoms with Crippen molar-refractivity contribution in [2.24, 2.45) is 0 Å². The van der Waals surface area contributed by atoms with Crippen LogP contribution >= 0.6 is 0 Å². The highest BCUT2D eigenvalue weighted by Crippen LogP contribution is 2.19. The largest absolute Gasteiger partial charge is 0.478 e. The van der Waals surface area contributed by atoms with Gasteiger partial charge in [-0.05, 0) is 36.2 Å². The Hall–Kier alpha value is -2.43. The summed E-state index contributed by atoms with van der Waals surface area (Å²) in [6, 6.07) is 10.2. The number of hydrogen-bond acceptors (Lipinski definition) is 2. The van der Waals surface area contributed by atoms with Crippen LogP contribution in [-0.4, -0.2) is 17.6 Å². The molecule has 104 valence electrons. The molecule has 0 aliphatic carbocycles. The lowest BCUT2D eigenvalue weighted by molar-refractivity contribution is 0.0693. The molecule has 0 unspecified atom stereocenters. The van der Waals surface area contributed by atoms with Crippen molar-refractivity contribution in [2.75, 3.05) is 11.9 Å². The predicted molar refractivity (Wildman–Crippen MR) is 72.0 cm³/mol. The van der Waals surface area contributed by atoms with Gasteiger partial charge in [-0.2, -0.15) is 0 Å². The summed E-state index contributed by atoms with van der Waals surface area (Å²) in [5.74, 6) is -2.43. The zero-order valence-corrected chi connectivity index (χ0v) is 10.6. The molecule has 0 fully saturated rings. The summed E-state index contributed by atoms with van der Waals surface area (Å²) in [5, 5.41) is 11.8. The summed E-state index contributed by atoms with van der Waals surface area (Å²) < 4.78 is 26.4. The van der Waals surface area contributed by atoms with Crippen molar-refractivity contribution in [2.45, 2.75) is 6.42 Å². The first-order valence-electron chi connectivity index (χ1n) is 6.08. The molecular weight excluding hydrogens is 264 g/mol. The Kier molecular flexibility index (Phi) is 4.30. The van der Waals surface area contributed by atoms with E-state index in [4.69, 9.17) is 5.11 Å². The Bertz CT molecular complexity index is 629. The number of carboxylic acids is 1. The number of anilines is 1. The summed E-state index contributed by atoms with van der Waals surface area (Å²) in [6.45, 7) is 0.382. The zero-order chi connectivity index (χ0) is 14.5. The maximum absolute atomic E-state index is 13.4. The molecule has 0 radical (unpaired) electrons. The van der Waals surface area contributed by atoms with Gasteiger partial charge in [-0.25, -0.2) is 13.6 Å². The van der Waals surface area contributed by atoms with Gasteiger partial charge in [-0.3, -0.25) is 0 Å². The van der Waals surface area contributed by atoms with Crippen LogP contribution in [0.1, 0.15) is 15.9 Å². The van der Waals surface area contributed by atoms with Crippen molar-refractivity contribution >= 4 is 11.7 Å². The lowest BCUT2D eigenvalue weighted by atomic mass is 10.1. The molecular formula is C15H13F2NO2. The molecule has 2 rings (SSSR count). The topological polar surface area (TPSA) is 49.3 Å². The van der Waals surface area contributed by atoms with E-state index >= 15 is 0 Å². The second-order valence-corrected chi connectivity index (χ2v) is 4.27. The van der Waals surface area contributed by atoms with Crippen molar-refractivity contribution in [3.05, 3.63) is 65.2 Å². The van der Waals surface area contributed by atoms with Gasteiger partial charge in [-0.15, -0.1) is 0 Å². The van der Waals surface area contributed by atoms with Crippen LogP contribution in [0.4, 0.5) is 14.5 Å². The van der Waals surface area contributed by atoms with Gasteiger partial charge in [0, 0.05) is 6.54 Å². The van der Waals surface area contributed by atoms with Crippen molar-refractivity contribution < 1.29 is 18.7 Å². The lowest BCUT2D eigenvalue weighted by Crippen LogP contribution is -2.11. The van der Waals surface area contributed by atoms with Crippen molar-refractivity contribution in [1.29, 1.82) is 0 Å². The SMILES string of the molecule is O=C(O)c1c(F)cccc1NCCc1cccc(F)c1. The average molecular weight is 277 g/mol. The third kappa shape index (κ3) is 3.32. The highest BCUT2D eigenvalue weighted by atomic mass is 19.1. The molecule has 0 aliphatic heterocycles. The lowest BCUT2D eigenvalue weighted by Gasteiger charge is -2.10. The molecule has 2 aromatic rings. The summed E-state index contributed by atoms with van der Waals surface area (Å²) in [5.41, 5.74) is 0.617. The van der Waals surface area contributed by atoms with Gasteiger partial charge in [-0.1, -0.05) is 18.2 Å². The minimum atomic E-state index is -1.32. The van der Waals surface area contributed by atoms with Crippen molar-refractivity contribution in [1.82, 2.24) is 0 Å². The van der Waals surface area contributed by atoms with Crippen LogP contribution in [0, 0.1) is 11.6 Å². The number of nitrogens with one attached hydrogen (secondary N) is 1. The third-order valence-electron chi connectivity index (χ3n) is 2.85. The molecule has 0 amide bonds. The van der Waals surface area contributed by atoms with Gasteiger partial charge in [0.2, 0.25) is 0 Å². The zero-order valence-electron chi connectivity index (χ0n) is 10.6. The Morgan fingerprint density at radius 3 is 2.60 bits per heavy atom. The van der Waals surface area contributed by atoms with Crippen molar-refractivity contribution in [3.8, 4) is 0 Å². The van der Waals surface area contributed by atoms with Crippen LogP contribution in [-0.2, 0) is 6.42 Å². The van der Waals surface area contributed by atoms with E-state index in [2.05, 4.69) is 5.32 Å². The van der Waals surface area contributed by atoms with E-state index in [1.54, 1.807) is 12.1 Å². The van der Waals surface area contributed by atoms with E-state index in [-0.39, 0.29) is 17.1 Å². The van der Waals surface area contributed by atoms with E-state index in [1.807, 2.05) is 0 Å². The Labute approximate surface area is 114 Å². The molecule has 0 atom stereocenters. The van der Waals surface area contributed by atoms with Gasteiger partial charge in [0.15, 0.2) is 0 Å². The molecule has 20 heavy (non-hydrogen) atoms. The minimum Gasteiger partial charge on any atom is -0.478 e. The summed E-state index contributed by atoms with van der Waals surface area (Å²) in [6.07, 6.45) is 0.507. The molecule has 5 heteroatoms. The fraction of sp³-hybridized carbons (Fsp3) is 0.133. The highest BCUT2D eigenvalue weighted by Gasteiger charge is 2.14. The molecule has 0 heterocycles. The fourth-order valence-corrected chi connectivity index (χ4v) is 1.92. The van der Waals surface area contributed by atoms with E-state index in [0.717, 1.165) is 11.6 Å². The molecule has 0 bridgehead atoms. The van der Waals surface area contributed by atoms with E-state index in [9.17, 15) is 13.6 Å². The van der Waals surface area contributed by atoms with Crippen LogP contribution in [0.15, 0.2) is 42.5 Å². The molecule has 3 nitrogen and oxygen atoms in total. The summed E-state index contributed by atoms with van der Waals surface area (Å²) >= 11 is 0. The molecule has 2 N–H and O–H groups in total. The van der Waals surface area contributed by atoms with Gasteiger partial charge in [0.05, 0.1) is 5.69 Å². The number of carbonyl (C=O) groups is 1. The second-order valence-electron chi connectivity index (χ2n) is 4.27. The maximum atomic E-state index is 13.4. The van der Waals surface area contributed by atoms with Gasteiger partial charge in [0.25, 0.3) is 0 Å². The molecule has 0 spiro atoms. The first-order valence-corrected chi connectivity index (χ1v) is 6.08. The molecule has 2 aromatic carbocycles. The monoisotopic (exact) mass is 277 g/mol. The predicted octanol–water partition coefficient (Wildman–Crippen LogP) is 3.32. The molecule has 0 aromatic heterocycles. The smallest absolute Gasteiger partial charge is 0.340 e. The third-order valence-corrected chi connectivity index (χ3v) is 2.85. The Morgan fingerprint density at radius 2 is 1.90 bits per heavy atom. The Morgan fingerprint density at radius 1 is 1.15 bits per heavy atom. The van der Waals surface area contributed by atoms with Crippen LogP contribution < -0.4 is 5.32 Å². The quantitative estimate of drug-likeness (QED) is 0.881. The molecule has 0 saturated heterocycles. The fourth-order valence-electron chi connectivity index (χ4n) is 1.92. The standard InChI is InChI=1S/C15H13F2NO2/c16-11-4-1-3-10(9-11)7-8-18-13-6-2-5-12(17)14(13)15(19)20/h1-6,9,18H,7-8H2,(H,19,20). The van der Waals surface area contributed by atoms with Gasteiger partial charge < -0.3 is 10.4 Å². The number of halogens is 2. The minimum absolute atomic E-state index is 0.217. The first-order chi connectivity index (χ1) is 9.58. The molecule has 0 saturated carbocycles. The van der Waals surface area contributed by atoms with Crippen LogP contribution in [0.5, 0.6) is 0 Å². The summed E-state index contributed by atoms with van der Waals surface area (Å²) in [4.78, 5) is 11.0. The van der Waals surface area contributed by atoms with Gasteiger partial charge >= 0.3 is 5.97 Å². The first kappa shape index (κ1) is 14.0. The van der Waals surface area contributed by atoms with E-state index in [1.165, 1.54) is 24.3 Å². The number of carboxylic acid groups (broad SMARTS) is 1. The van der Waals surface area contributed by atoms with Crippen LogP contribution in [0.3, 0.4) is 0 Å². The average Bonchev–Trinajstić information content (AvgIpc) is 2.38.